The summed E-state index contributed by atoms with van der Waals surface area (Å²) in [6.07, 6.45) is -0.497. The van der Waals surface area contributed by atoms with Crippen LogP contribution in [0.1, 0.15) is 13.8 Å². The molecule has 96 valence electrons. The minimum absolute atomic E-state index is 0.0201. The first-order chi connectivity index (χ1) is 7.65. The number of rotatable bonds is 5. The summed E-state index contributed by atoms with van der Waals surface area (Å²) in [4.78, 5) is 0. The van der Waals surface area contributed by atoms with Crippen LogP contribution in [0.5, 0.6) is 0 Å². The molecule has 0 radical (unpaired) electrons. The van der Waals surface area contributed by atoms with Crippen molar-refractivity contribution in [1.29, 1.82) is 0 Å². The maximum Gasteiger partial charge on any atom is 0.146 e. The molecule has 0 aliphatic carbocycles. The van der Waals surface area contributed by atoms with Crippen LogP contribution < -0.4 is 0 Å². The maximum absolute atomic E-state index is 5.73. The number of hydrogen-bond donors (Lipinski definition) is 0. The molecule has 5 nitrogen and oxygen atoms in total. The Morgan fingerprint density at radius 3 is 1.75 bits per heavy atom. The number of hydrogen-bond acceptors (Lipinski definition) is 5. The summed E-state index contributed by atoms with van der Waals surface area (Å²) < 4.78 is 27.1. The van der Waals surface area contributed by atoms with Crippen LogP contribution in [0.2, 0.25) is 0 Å². The van der Waals surface area contributed by atoms with E-state index in [1.807, 2.05) is 13.8 Å². The molecule has 0 amide bonds. The molecule has 0 aromatic heterocycles. The summed E-state index contributed by atoms with van der Waals surface area (Å²) in [6.45, 7) is 4.17. The molecule has 4 unspecified atom stereocenters. The fraction of sp³-hybridized carbons (Fsp3) is 1.00. The predicted molar refractivity (Wildman–Crippen MR) is 58.4 cm³/mol. The second kappa shape index (κ2) is 6.51. The molecule has 4 atom stereocenters. The largest absolute Gasteiger partial charge is 0.376 e. The Morgan fingerprint density at radius 1 is 0.875 bits per heavy atom. The van der Waals surface area contributed by atoms with Gasteiger partial charge in [0.2, 0.25) is 0 Å². The molecule has 1 rings (SSSR count). The van der Waals surface area contributed by atoms with E-state index in [4.69, 9.17) is 23.7 Å². The van der Waals surface area contributed by atoms with Crippen molar-refractivity contribution in [2.45, 2.75) is 44.4 Å². The fourth-order valence-corrected chi connectivity index (χ4v) is 2.20. The van der Waals surface area contributed by atoms with Crippen molar-refractivity contribution in [1.82, 2.24) is 0 Å². The summed E-state index contributed by atoms with van der Waals surface area (Å²) in [5, 5.41) is 0. The van der Waals surface area contributed by atoms with Crippen molar-refractivity contribution in [3.63, 3.8) is 0 Å². The first-order valence-electron chi connectivity index (χ1n) is 5.47. The molecule has 1 aliphatic heterocycles. The highest BCUT2D eigenvalue weighted by molar-refractivity contribution is 4.91. The first kappa shape index (κ1) is 13.9. The van der Waals surface area contributed by atoms with Crippen LogP contribution in [0, 0.1) is 0 Å². The van der Waals surface area contributed by atoms with E-state index in [0.29, 0.717) is 0 Å². The van der Waals surface area contributed by atoms with Crippen LogP contribution in [0.4, 0.5) is 0 Å². The van der Waals surface area contributed by atoms with Crippen molar-refractivity contribution in [2.24, 2.45) is 0 Å². The van der Waals surface area contributed by atoms with E-state index < -0.39 is 0 Å². The van der Waals surface area contributed by atoms with Gasteiger partial charge in [-0.1, -0.05) is 0 Å². The lowest BCUT2D eigenvalue weighted by molar-refractivity contribution is -0.254. The molecule has 0 N–H and O–H groups in total. The van der Waals surface area contributed by atoms with Gasteiger partial charge in [0.25, 0.3) is 0 Å². The molecular weight excluding hydrogens is 212 g/mol. The molecular formula is C11H22O5. The van der Waals surface area contributed by atoms with E-state index in [0.717, 1.165) is 0 Å². The van der Waals surface area contributed by atoms with E-state index in [1.54, 1.807) is 21.3 Å². The Kier molecular flexibility index (Phi) is 5.64. The van der Waals surface area contributed by atoms with Gasteiger partial charge in [0.05, 0.1) is 12.2 Å². The van der Waals surface area contributed by atoms with Gasteiger partial charge in [-0.05, 0) is 13.8 Å². The molecule has 1 aliphatic rings. The lowest BCUT2D eigenvalue weighted by Crippen LogP contribution is -2.58. The highest BCUT2D eigenvalue weighted by Gasteiger charge is 2.43. The zero-order valence-corrected chi connectivity index (χ0v) is 10.6. The van der Waals surface area contributed by atoms with E-state index in [-0.39, 0.29) is 37.3 Å². The van der Waals surface area contributed by atoms with Crippen molar-refractivity contribution in [3.8, 4) is 0 Å². The van der Waals surface area contributed by atoms with Gasteiger partial charge < -0.3 is 23.7 Å². The lowest BCUT2D eigenvalue weighted by atomic mass is 9.96. The van der Waals surface area contributed by atoms with Gasteiger partial charge in [-0.3, -0.25) is 0 Å². The van der Waals surface area contributed by atoms with Crippen molar-refractivity contribution in [2.75, 3.05) is 28.1 Å². The van der Waals surface area contributed by atoms with Gasteiger partial charge in [0.1, 0.15) is 25.1 Å². The minimum atomic E-state index is -0.173. The normalized spacial score (nSPS) is 39.9. The second-order valence-electron chi connectivity index (χ2n) is 3.98. The molecule has 0 aromatic carbocycles. The molecule has 0 aromatic rings. The number of ether oxygens (including phenoxy) is 5. The van der Waals surface area contributed by atoms with Gasteiger partial charge in [0, 0.05) is 21.3 Å². The Hall–Kier alpha value is -0.200. The zero-order chi connectivity index (χ0) is 12.1. The van der Waals surface area contributed by atoms with E-state index in [2.05, 4.69) is 0 Å². The molecule has 1 fully saturated rings. The van der Waals surface area contributed by atoms with Gasteiger partial charge in [-0.25, -0.2) is 0 Å². The van der Waals surface area contributed by atoms with Gasteiger partial charge >= 0.3 is 0 Å². The molecule has 1 heterocycles. The maximum atomic E-state index is 5.73. The van der Waals surface area contributed by atoms with Gasteiger partial charge in [-0.15, -0.1) is 0 Å². The molecule has 0 spiro atoms. The number of methoxy groups -OCH3 is 3. The molecule has 1 saturated heterocycles. The van der Waals surface area contributed by atoms with Crippen molar-refractivity contribution >= 4 is 0 Å². The van der Waals surface area contributed by atoms with Gasteiger partial charge in [-0.2, -0.15) is 0 Å². The third-order valence-corrected chi connectivity index (χ3v) is 2.92. The average Bonchev–Trinajstić information content (AvgIpc) is 2.26. The summed E-state index contributed by atoms with van der Waals surface area (Å²) in [5.41, 5.74) is 0. The topological polar surface area (TPSA) is 46.2 Å². The van der Waals surface area contributed by atoms with Gasteiger partial charge in [0.15, 0.2) is 0 Å². The van der Waals surface area contributed by atoms with Crippen LogP contribution in [-0.2, 0) is 23.7 Å². The zero-order valence-electron chi connectivity index (χ0n) is 10.6. The van der Waals surface area contributed by atoms with Crippen LogP contribution in [-0.4, -0.2) is 58.6 Å². The van der Waals surface area contributed by atoms with E-state index in [1.165, 1.54) is 0 Å². The minimum Gasteiger partial charge on any atom is -0.376 e. The van der Waals surface area contributed by atoms with E-state index in [9.17, 15) is 0 Å². The van der Waals surface area contributed by atoms with Crippen molar-refractivity contribution < 1.29 is 23.7 Å². The molecule has 16 heavy (non-hydrogen) atoms. The Bertz CT molecular complexity index is 183. The quantitative estimate of drug-likeness (QED) is 0.659. The third-order valence-electron chi connectivity index (χ3n) is 2.92. The molecule has 0 saturated carbocycles. The van der Waals surface area contributed by atoms with Crippen LogP contribution >= 0.6 is 0 Å². The summed E-state index contributed by atoms with van der Waals surface area (Å²) >= 11 is 0. The SMILES string of the molecule is COCOC1C(OC)C(C)OC(C)C1OC. The van der Waals surface area contributed by atoms with E-state index >= 15 is 0 Å². The fourth-order valence-electron chi connectivity index (χ4n) is 2.20. The third kappa shape index (κ3) is 2.93. The average molecular weight is 234 g/mol. The molecule has 0 bridgehead atoms. The van der Waals surface area contributed by atoms with Crippen molar-refractivity contribution in [3.05, 3.63) is 0 Å². The smallest absolute Gasteiger partial charge is 0.146 e. The first-order valence-corrected chi connectivity index (χ1v) is 5.47. The van der Waals surface area contributed by atoms with Crippen LogP contribution in [0.25, 0.3) is 0 Å². The lowest BCUT2D eigenvalue weighted by Gasteiger charge is -2.43. The predicted octanol–water partition coefficient (Wildman–Crippen LogP) is 0.813. The second-order valence-corrected chi connectivity index (χ2v) is 3.98. The molecule has 5 heteroatoms. The Balaban J connectivity index is 2.72. The van der Waals surface area contributed by atoms with Crippen LogP contribution in [0.15, 0.2) is 0 Å². The summed E-state index contributed by atoms with van der Waals surface area (Å²) in [6, 6.07) is 0. The Morgan fingerprint density at radius 2 is 1.38 bits per heavy atom. The summed E-state index contributed by atoms with van der Waals surface area (Å²) in [5.74, 6) is 0. The highest BCUT2D eigenvalue weighted by atomic mass is 16.7. The monoisotopic (exact) mass is 234 g/mol. The summed E-state index contributed by atoms with van der Waals surface area (Å²) in [7, 11) is 4.89. The Labute approximate surface area is 97.0 Å². The van der Waals surface area contributed by atoms with Crippen LogP contribution in [0.3, 0.4) is 0 Å². The highest BCUT2D eigenvalue weighted by Crippen LogP contribution is 2.26. The standard InChI is InChI=1S/C11H22O5/c1-7-9(13-4)11(15-6-12-3)10(14-5)8(2)16-7/h7-11H,6H2,1-5H3.